The quantitative estimate of drug-likeness (QED) is 0.749. The molecular formula is C10H14ClN3O2. The predicted molar refractivity (Wildman–Crippen MR) is 62.5 cm³/mol. The van der Waals surface area contributed by atoms with Gasteiger partial charge in [-0.05, 0) is 12.5 Å². The molecular weight excluding hydrogens is 230 g/mol. The molecule has 0 aliphatic rings. The number of rotatable bonds is 5. The molecule has 0 aromatic carbocycles. The molecule has 88 valence electrons. The molecule has 0 fully saturated rings. The molecule has 6 heteroatoms. The van der Waals surface area contributed by atoms with E-state index in [0.717, 1.165) is 0 Å². The predicted octanol–water partition coefficient (Wildman–Crippen LogP) is 0.864. The van der Waals surface area contributed by atoms with Gasteiger partial charge in [0.2, 0.25) is 0 Å². The van der Waals surface area contributed by atoms with Crippen molar-refractivity contribution in [3.8, 4) is 0 Å². The minimum absolute atomic E-state index is 0.141. The highest BCUT2D eigenvalue weighted by atomic mass is 35.5. The Balaban J connectivity index is 2.83. The second-order valence-electron chi connectivity index (χ2n) is 3.34. The minimum atomic E-state index is -0.650. The molecule has 0 amide bonds. The molecule has 0 aliphatic carbocycles. The van der Waals surface area contributed by atoms with Gasteiger partial charge in [0.05, 0.1) is 16.6 Å². The summed E-state index contributed by atoms with van der Waals surface area (Å²) >= 11 is 5.73. The van der Waals surface area contributed by atoms with Crippen LogP contribution in [0.15, 0.2) is 12.3 Å². The Bertz CT molecular complexity index is 384. The van der Waals surface area contributed by atoms with Crippen molar-refractivity contribution in [1.29, 1.82) is 0 Å². The van der Waals surface area contributed by atoms with Gasteiger partial charge < -0.3 is 16.2 Å². The van der Waals surface area contributed by atoms with Crippen molar-refractivity contribution in [3.05, 3.63) is 22.8 Å². The first-order chi connectivity index (χ1) is 7.56. The molecule has 1 aromatic rings. The van der Waals surface area contributed by atoms with Crippen molar-refractivity contribution < 1.29 is 9.53 Å². The van der Waals surface area contributed by atoms with Gasteiger partial charge in [-0.1, -0.05) is 11.6 Å². The first-order valence-electron chi connectivity index (χ1n) is 4.76. The van der Waals surface area contributed by atoms with Gasteiger partial charge in [0.1, 0.15) is 5.82 Å². The number of nitrogen functional groups attached to an aromatic ring is 1. The number of carbonyl (C=O) groups excluding carboxylic acids is 1. The topological polar surface area (TPSA) is 91.2 Å². The van der Waals surface area contributed by atoms with Crippen LogP contribution in [0.25, 0.3) is 0 Å². The van der Waals surface area contributed by atoms with Gasteiger partial charge in [-0.25, -0.2) is 4.98 Å². The summed E-state index contributed by atoms with van der Waals surface area (Å²) in [6, 6.07) is 0.821. The maximum absolute atomic E-state index is 11.9. The number of ketones is 1. The van der Waals surface area contributed by atoms with Gasteiger partial charge >= 0.3 is 0 Å². The molecule has 0 aliphatic heterocycles. The Labute approximate surface area is 98.7 Å². The fourth-order valence-electron chi connectivity index (χ4n) is 1.22. The van der Waals surface area contributed by atoms with E-state index in [0.29, 0.717) is 18.1 Å². The zero-order chi connectivity index (χ0) is 12.1. The smallest absolute Gasteiger partial charge is 0.183 e. The number of hydrogen-bond acceptors (Lipinski definition) is 5. The number of Topliss-reactive ketones (excluding diaryl/α,β-unsaturated/α-hetero) is 1. The van der Waals surface area contributed by atoms with Gasteiger partial charge in [-0.15, -0.1) is 0 Å². The van der Waals surface area contributed by atoms with E-state index in [1.165, 1.54) is 12.3 Å². The first-order valence-corrected chi connectivity index (χ1v) is 5.13. The second kappa shape index (κ2) is 5.79. The van der Waals surface area contributed by atoms with Gasteiger partial charge in [0.25, 0.3) is 0 Å². The average Bonchev–Trinajstić information content (AvgIpc) is 2.28. The monoisotopic (exact) mass is 243 g/mol. The number of carbonyl (C=O) groups is 1. The number of nitrogens with zero attached hydrogens (tertiary/aromatic N) is 1. The maximum atomic E-state index is 11.9. The molecule has 4 N–H and O–H groups in total. The number of hydrogen-bond donors (Lipinski definition) is 2. The summed E-state index contributed by atoms with van der Waals surface area (Å²) in [5.41, 5.74) is 11.5. The van der Waals surface area contributed by atoms with Crippen molar-refractivity contribution >= 4 is 23.2 Å². The minimum Gasteiger partial charge on any atom is -0.385 e. The van der Waals surface area contributed by atoms with Crippen molar-refractivity contribution in [2.45, 2.75) is 12.5 Å². The molecule has 1 unspecified atom stereocenters. The van der Waals surface area contributed by atoms with Crippen LogP contribution in [0.2, 0.25) is 5.02 Å². The van der Waals surface area contributed by atoms with Gasteiger partial charge in [0.15, 0.2) is 5.78 Å². The van der Waals surface area contributed by atoms with E-state index in [4.69, 9.17) is 27.8 Å². The zero-order valence-electron chi connectivity index (χ0n) is 8.94. The van der Waals surface area contributed by atoms with Crippen LogP contribution in [0.5, 0.6) is 0 Å². The van der Waals surface area contributed by atoms with Crippen LogP contribution in [0.4, 0.5) is 5.82 Å². The molecule has 0 radical (unpaired) electrons. The molecule has 1 rings (SSSR count). The summed E-state index contributed by atoms with van der Waals surface area (Å²) in [4.78, 5) is 15.7. The lowest BCUT2D eigenvalue weighted by molar-refractivity contribution is 0.0936. The van der Waals surface area contributed by atoms with Crippen LogP contribution >= 0.6 is 11.6 Å². The highest BCUT2D eigenvalue weighted by Crippen LogP contribution is 2.16. The number of halogens is 1. The standard InChI is InChI=1S/C10H14ClN3O2/c1-16-3-2-8(12)9(15)7-4-6(11)5-14-10(7)13/h4-5,8H,2-3,12H2,1H3,(H2,13,14). The Morgan fingerprint density at radius 3 is 3.00 bits per heavy atom. The van der Waals surface area contributed by atoms with Crippen LogP contribution in [-0.4, -0.2) is 30.5 Å². The normalized spacial score (nSPS) is 12.4. The summed E-state index contributed by atoms with van der Waals surface area (Å²) in [7, 11) is 1.55. The van der Waals surface area contributed by atoms with Crippen LogP contribution < -0.4 is 11.5 Å². The lowest BCUT2D eigenvalue weighted by Gasteiger charge is -2.11. The average molecular weight is 244 g/mol. The van der Waals surface area contributed by atoms with E-state index < -0.39 is 6.04 Å². The van der Waals surface area contributed by atoms with Gasteiger partial charge in [0, 0.05) is 19.9 Å². The Morgan fingerprint density at radius 2 is 2.38 bits per heavy atom. The molecule has 0 saturated carbocycles. The van der Waals surface area contributed by atoms with E-state index in [9.17, 15) is 4.79 Å². The van der Waals surface area contributed by atoms with Crippen LogP contribution in [-0.2, 0) is 4.74 Å². The number of pyridine rings is 1. The molecule has 0 spiro atoms. The van der Waals surface area contributed by atoms with Crippen molar-refractivity contribution in [2.75, 3.05) is 19.5 Å². The fraction of sp³-hybridized carbons (Fsp3) is 0.400. The lowest BCUT2D eigenvalue weighted by atomic mass is 10.0. The second-order valence-corrected chi connectivity index (χ2v) is 3.77. The number of anilines is 1. The van der Waals surface area contributed by atoms with E-state index in [1.54, 1.807) is 7.11 Å². The first kappa shape index (κ1) is 12.9. The summed E-state index contributed by atoms with van der Waals surface area (Å²) in [5, 5.41) is 0.358. The summed E-state index contributed by atoms with van der Waals surface area (Å²) < 4.78 is 4.85. The van der Waals surface area contributed by atoms with Crippen LogP contribution in [0.1, 0.15) is 16.8 Å². The van der Waals surface area contributed by atoms with E-state index in [-0.39, 0.29) is 17.2 Å². The van der Waals surface area contributed by atoms with E-state index >= 15 is 0 Å². The van der Waals surface area contributed by atoms with Crippen LogP contribution in [0.3, 0.4) is 0 Å². The van der Waals surface area contributed by atoms with Crippen molar-refractivity contribution in [2.24, 2.45) is 5.73 Å². The summed E-state index contributed by atoms with van der Waals surface area (Å²) in [5.74, 6) is -0.133. The fourth-order valence-corrected chi connectivity index (χ4v) is 1.38. The molecule has 16 heavy (non-hydrogen) atoms. The van der Waals surface area contributed by atoms with E-state index in [1.807, 2.05) is 0 Å². The number of aromatic nitrogens is 1. The molecule has 1 atom stereocenters. The summed E-state index contributed by atoms with van der Waals surface area (Å²) in [6.07, 6.45) is 1.82. The SMILES string of the molecule is COCCC(N)C(=O)c1cc(Cl)cnc1N. The third-order valence-corrected chi connectivity index (χ3v) is 2.33. The highest BCUT2D eigenvalue weighted by molar-refractivity contribution is 6.31. The largest absolute Gasteiger partial charge is 0.385 e. The molecule has 0 saturated heterocycles. The number of methoxy groups -OCH3 is 1. The third kappa shape index (κ3) is 3.16. The van der Waals surface area contributed by atoms with Crippen LogP contribution in [0, 0.1) is 0 Å². The van der Waals surface area contributed by atoms with Gasteiger partial charge in [-0.3, -0.25) is 4.79 Å². The Kier molecular flexibility index (Phi) is 4.67. The summed E-state index contributed by atoms with van der Waals surface area (Å²) in [6.45, 7) is 0.417. The highest BCUT2D eigenvalue weighted by Gasteiger charge is 2.18. The van der Waals surface area contributed by atoms with Crippen molar-refractivity contribution in [3.63, 3.8) is 0 Å². The number of nitrogens with two attached hydrogens (primary N) is 2. The van der Waals surface area contributed by atoms with E-state index in [2.05, 4.69) is 4.98 Å². The van der Waals surface area contributed by atoms with Gasteiger partial charge in [-0.2, -0.15) is 0 Å². The zero-order valence-corrected chi connectivity index (χ0v) is 9.70. The Hall–Kier alpha value is -1.17. The molecule has 1 aromatic heterocycles. The van der Waals surface area contributed by atoms with Crippen molar-refractivity contribution in [1.82, 2.24) is 4.98 Å². The molecule has 5 nitrogen and oxygen atoms in total. The molecule has 0 bridgehead atoms. The number of ether oxygens (including phenoxy) is 1. The molecule has 1 heterocycles. The maximum Gasteiger partial charge on any atom is 0.183 e. The lowest BCUT2D eigenvalue weighted by Crippen LogP contribution is -2.32. The third-order valence-electron chi connectivity index (χ3n) is 2.12. The Morgan fingerprint density at radius 1 is 1.69 bits per heavy atom.